The number of carbonyl (C=O) groups excluding carboxylic acids is 1. The molecule has 0 aliphatic rings. The van der Waals surface area contributed by atoms with E-state index >= 15 is 0 Å². The number of nitrogens with one attached hydrogen (secondary N) is 2. The standard InChI is InChI=1S/C26H38N4O2/c1-5-27-26(28-17-21(4)19-32-20-23-11-9-8-10-12-23)29-18-22-13-15-24(16-14-22)25(31)30(6-2)7-3/h8-16,21H,5-7,17-20H2,1-4H3,(H2,27,28,29). The van der Waals surface area contributed by atoms with Gasteiger partial charge in [0.2, 0.25) is 0 Å². The summed E-state index contributed by atoms with van der Waals surface area (Å²) in [6, 6.07) is 17.9. The predicted molar refractivity (Wildman–Crippen MR) is 132 cm³/mol. The van der Waals surface area contributed by atoms with Crippen LogP contribution in [0.5, 0.6) is 0 Å². The van der Waals surface area contributed by atoms with E-state index in [4.69, 9.17) is 4.74 Å². The maximum atomic E-state index is 12.4. The van der Waals surface area contributed by atoms with Gasteiger partial charge in [0.25, 0.3) is 5.91 Å². The number of nitrogens with zero attached hydrogens (tertiary/aromatic N) is 2. The highest BCUT2D eigenvalue weighted by atomic mass is 16.5. The van der Waals surface area contributed by atoms with E-state index in [1.165, 1.54) is 5.56 Å². The van der Waals surface area contributed by atoms with Crippen LogP contribution >= 0.6 is 0 Å². The Labute approximate surface area is 193 Å². The second-order valence-corrected chi connectivity index (χ2v) is 7.86. The van der Waals surface area contributed by atoms with Crippen LogP contribution in [0.25, 0.3) is 0 Å². The molecule has 6 heteroatoms. The van der Waals surface area contributed by atoms with Crippen molar-refractivity contribution in [3.8, 4) is 0 Å². The van der Waals surface area contributed by atoms with Gasteiger partial charge in [-0.25, -0.2) is 4.99 Å². The van der Waals surface area contributed by atoms with Gasteiger partial charge in [-0.05, 0) is 49.9 Å². The molecule has 6 nitrogen and oxygen atoms in total. The van der Waals surface area contributed by atoms with Gasteiger partial charge >= 0.3 is 0 Å². The number of ether oxygens (including phenoxy) is 1. The summed E-state index contributed by atoms with van der Waals surface area (Å²) in [7, 11) is 0. The lowest BCUT2D eigenvalue weighted by molar-refractivity contribution is 0.0773. The van der Waals surface area contributed by atoms with Gasteiger partial charge in [-0.2, -0.15) is 0 Å². The van der Waals surface area contributed by atoms with E-state index in [9.17, 15) is 4.79 Å². The van der Waals surface area contributed by atoms with Crippen LogP contribution in [0.1, 0.15) is 49.2 Å². The lowest BCUT2D eigenvalue weighted by Gasteiger charge is -2.18. The van der Waals surface area contributed by atoms with Crippen molar-refractivity contribution >= 4 is 11.9 Å². The molecule has 2 N–H and O–H groups in total. The largest absolute Gasteiger partial charge is 0.376 e. The van der Waals surface area contributed by atoms with Crippen molar-refractivity contribution in [2.45, 2.75) is 40.8 Å². The topological polar surface area (TPSA) is 66.0 Å². The molecular formula is C26H38N4O2. The normalized spacial score (nSPS) is 12.3. The van der Waals surface area contributed by atoms with E-state index in [-0.39, 0.29) is 5.91 Å². The van der Waals surface area contributed by atoms with Gasteiger partial charge < -0.3 is 20.3 Å². The molecule has 174 valence electrons. The minimum atomic E-state index is 0.0727. The van der Waals surface area contributed by atoms with E-state index < -0.39 is 0 Å². The van der Waals surface area contributed by atoms with Crippen molar-refractivity contribution in [3.63, 3.8) is 0 Å². The van der Waals surface area contributed by atoms with Gasteiger partial charge in [0, 0.05) is 31.7 Å². The molecule has 0 aliphatic carbocycles. The molecule has 1 unspecified atom stereocenters. The van der Waals surface area contributed by atoms with Crippen molar-refractivity contribution < 1.29 is 9.53 Å². The van der Waals surface area contributed by atoms with Crippen LogP contribution in [0.3, 0.4) is 0 Å². The SMILES string of the molecule is CCNC(=NCc1ccc(C(=O)N(CC)CC)cc1)NCC(C)COCc1ccccc1. The molecule has 32 heavy (non-hydrogen) atoms. The number of amides is 1. The van der Waals surface area contributed by atoms with Crippen molar-refractivity contribution in [1.29, 1.82) is 0 Å². The van der Waals surface area contributed by atoms with Crippen molar-refractivity contribution in [2.24, 2.45) is 10.9 Å². The average molecular weight is 439 g/mol. The van der Waals surface area contributed by atoms with Gasteiger partial charge in [0.05, 0.1) is 19.8 Å². The molecule has 2 aromatic carbocycles. The number of guanidine groups is 1. The summed E-state index contributed by atoms with van der Waals surface area (Å²) in [5.74, 6) is 1.21. The molecule has 0 spiro atoms. The Bertz CT molecular complexity index is 817. The second kappa shape index (κ2) is 14.2. The molecule has 0 aromatic heterocycles. The highest BCUT2D eigenvalue weighted by Gasteiger charge is 2.12. The summed E-state index contributed by atoms with van der Waals surface area (Å²) in [6.45, 7) is 13.1. The van der Waals surface area contributed by atoms with E-state index in [1.54, 1.807) is 0 Å². The Balaban J connectivity index is 1.82. The molecule has 0 aliphatic heterocycles. The molecule has 0 bridgehead atoms. The minimum Gasteiger partial charge on any atom is -0.376 e. The molecule has 1 atom stereocenters. The second-order valence-electron chi connectivity index (χ2n) is 7.86. The highest BCUT2D eigenvalue weighted by Crippen LogP contribution is 2.09. The monoisotopic (exact) mass is 438 g/mol. The van der Waals surface area contributed by atoms with Crippen LogP contribution in [0.2, 0.25) is 0 Å². The Morgan fingerprint density at radius 2 is 1.66 bits per heavy atom. The zero-order chi connectivity index (χ0) is 23.2. The summed E-state index contributed by atoms with van der Waals surface area (Å²) < 4.78 is 5.84. The van der Waals surface area contributed by atoms with Gasteiger partial charge in [-0.3, -0.25) is 4.79 Å². The third kappa shape index (κ3) is 8.71. The Hall–Kier alpha value is -2.86. The summed E-state index contributed by atoms with van der Waals surface area (Å²) >= 11 is 0. The number of rotatable bonds is 12. The van der Waals surface area contributed by atoms with E-state index in [0.717, 1.165) is 43.3 Å². The summed E-state index contributed by atoms with van der Waals surface area (Å²) in [6.07, 6.45) is 0. The fourth-order valence-corrected chi connectivity index (χ4v) is 3.24. The Kier molecular flexibility index (Phi) is 11.3. The van der Waals surface area contributed by atoms with Crippen LogP contribution in [-0.4, -0.2) is 49.6 Å². The third-order valence-corrected chi connectivity index (χ3v) is 5.15. The first-order valence-corrected chi connectivity index (χ1v) is 11.6. The lowest BCUT2D eigenvalue weighted by Crippen LogP contribution is -2.40. The molecule has 2 rings (SSSR count). The van der Waals surface area contributed by atoms with Crippen LogP contribution in [0, 0.1) is 5.92 Å². The van der Waals surface area contributed by atoms with Crippen molar-refractivity contribution in [3.05, 3.63) is 71.3 Å². The van der Waals surface area contributed by atoms with Gasteiger partial charge in [0.15, 0.2) is 5.96 Å². The number of hydrogen-bond donors (Lipinski definition) is 2. The fourth-order valence-electron chi connectivity index (χ4n) is 3.24. The smallest absolute Gasteiger partial charge is 0.253 e. The maximum Gasteiger partial charge on any atom is 0.253 e. The number of benzene rings is 2. The van der Waals surface area contributed by atoms with Crippen LogP contribution in [0.4, 0.5) is 0 Å². The number of aliphatic imine (C=N–C) groups is 1. The fraction of sp³-hybridized carbons (Fsp3) is 0.462. The first-order valence-electron chi connectivity index (χ1n) is 11.6. The van der Waals surface area contributed by atoms with Crippen molar-refractivity contribution in [1.82, 2.24) is 15.5 Å². The predicted octanol–water partition coefficient (Wildman–Crippen LogP) is 4.08. The average Bonchev–Trinajstić information content (AvgIpc) is 2.82. The van der Waals surface area contributed by atoms with E-state index in [0.29, 0.717) is 25.7 Å². The molecule has 0 radical (unpaired) electrons. The van der Waals surface area contributed by atoms with Gasteiger partial charge in [-0.15, -0.1) is 0 Å². The first kappa shape index (κ1) is 25.4. The maximum absolute atomic E-state index is 12.4. The quantitative estimate of drug-likeness (QED) is 0.387. The number of carbonyl (C=O) groups is 1. The highest BCUT2D eigenvalue weighted by molar-refractivity contribution is 5.94. The molecule has 0 heterocycles. The minimum absolute atomic E-state index is 0.0727. The summed E-state index contributed by atoms with van der Waals surface area (Å²) in [5, 5.41) is 6.68. The lowest BCUT2D eigenvalue weighted by atomic mass is 10.1. The molecular weight excluding hydrogens is 400 g/mol. The van der Waals surface area contributed by atoms with Crippen LogP contribution in [0.15, 0.2) is 59.6 Å². The molecule has 1 amide bonds. The molecule has 0 saturated carbocycles. The first-order chi connectivity index (χ1) is 15.6. The molecule has 0 saturated heterocycles. The summed E-state index contributed by atoms with van der Waals surface area (Å²) in [4.78, 5) is 19.0. The van der Waals surface area contributed by atoms with E-state index in [1.807, 2.05) is 61.2 Å². The zero-order valence-electron chi connectivity index (χ0n) is 19.9. The van der Waals surface area contributed by atoms with Crippen molar-refractivity contribution in [2.75, 3.05) is 32.8 Å². The molecule has 0 fully saturated rings. The third-order valence-electron chi connectivity index (χ3n) is 5.15. The van der Waals surface area contributed by atoms with Gasteiger partial charge in [-0.1, -0.05) is 49.4 Å². The summed E-state index contributed by atoms with van der Waals surface area (Å²) in [5.41, 5.74) is 2.97. The number of hydrogen-bond acceptors (Lipinski definition) is 3. The zero-order valence-corrected chi connectivity index (χ0v) is 19.9. The Morgan fingerprint density at radius 3 is 2.28 bits per heavy atom. The van der Waals surface area contributed by atoms with Crippen LogP contribution in [-0.2, 0) is 17.9 Å². The van der Waals surface area contributed by atoms with E-state index in [2.05, 4.69) is 41.6 Å². The van der Waals surface area contributed by atoms with Crippen LogP contribution < -0.4 is 10.6 Å². The Morgan fingerprint density at radius 1 is 0.969 bits per heavy atom. The van der Waals surface area contributed by atoms with Gasteiger partial charge in [0.1, 0.15) is 0 Å². The molecule has 2 aromatic rings.